The number of ether oxygens (including phenoxy) is 1. The Kier molecular flexibility index (Phi) is 3.60. The van der Waals surface area contributed by atoms with Gasteiger partial charge in [-0.05, 0) is 26.8 Å². The molecule has 1 heterocycles. The zero-order chi connectivity index (χ0) is 12.2. The van der Waals surface area contributed by atoms with Gasteiger partial charge in [0.15, 0.2) is 0 Å². The SMILES string of the molecule is CC(C)(C)OC(=O)/C=C/c1cccn[n+]1[O-]. The number of esters is 1. The van der Waals surface area contributed by atoms with Crippen LogP contribution in [0.25, 0.3) is 6.08 Å². The van der Waals surface area contributed by atoms with Gasteiger partial charge in [-0.1, -0.05) is 4.85 Å². The van der Waals surface area contributed by atoms with E-state index in [0.717, 1.165) is 0 Å². The van der Waals surface area contributed by atoms with Crippen molar-refractivity contribution in [1.82, 2.24) is 5.10 Å². The van der Waals surface area contributed by atoms with Crippen molar-refractivity contribution in [2.45, 2.75) is 26.4 Å². The van der Waals surface area contributed by atoms with E-state index in [0.29, 0.717) is 4.85 Å². The molecule has 5 heteroatoms. The van der Waals surface area contributed by atoms with Gasteiger partial charge >= 0.3 is 5.97 Å². The number of carbonyl (C=O) groups is 1. The van der Waals surface area contributed by atoms with Crippen molar-refractivity contribution < 1.29 is 14.4 Å². The molecule has 0 N–H and O–H groups in total. The monoisotopic (exact) mass is 222 g/mol. The van der Waals surface area contributed by atoms with Crippen LogP contribution in [-0.2, 0) is 9.53 Å². The van der Waals surface area contributed by atoms with Gasteiger partial charge in [0.25, 0.3) is 0 Å². The third-order valence-electron chi connectivity index (χ3n) is 1.54. The van der Waals surface area contributed by atoms with E-state index in [-0.39, 0.29) is 5.69 Å². The van der Waals surface area contributed by atoms with Gasteiger partial charge in [0, 0.05) is 23.3 Å². The summed E-state index contributed by atoms with van der Waals surface area (Å²) in [6.07, 6.45) is 3.95. The molecule has 0 fully saturated rings. The molecule has 0 saturated heterocycles. The van der Waals surface area contributed by atoms with Crippen LogP contribution in [0.15, 0.2) is 24.4 Å². The van der Waals surface area contributed by atoms with E-state index >= 15 is 0 Å². The summed E-state index contributed by atoms with van der Waals surface area (Å²) in [4.78, 5) is 11.7. The smallest absolute Gasteiger partial charge is 0.331 e. The quantitative estimate of drug-likeness (QED) is 0.325. The van der Waals surface area contributed by atoms with E-state index < -0.39 is 11.6 Å². The van der Waals surface area contributed by atoms with Crippen LogP contribution < -0.4 is 4.85 Å². The fourth-order valence-corrected chi connectivity index (χ4v) is 0.980. The van der Waals surface area contributed by atoms with E-state index in [1.54, 1.807) is 32.9 Å². The second-order valence-electron chi connectivity index (χ2n) is 4.19. The number of hydrogen-bond acceptors (Lipinski definition) is 4. The van der Waals surface area contributed by atoms with Gasteiger partial charge < -0.3 is 9.94 Å². The molecule has 0 radical (unpaired) electrons. The topological polar surface area (TPSA) is 66.1 Å². The molecule has 86 valence electrons. The second kappa shape index (κ2) is 4.74. The molecular formula is C11H14N2O3. The van der Waals surface area contributed by atoms with Crippen LogP contribution in [0.5, 0.6) is 0 Å². The number of rotatable bonds is 2. The highest BCUT2D eigenvalue weighted by Gasteiger charge is 2.14. The van der Waals surface area contributed by atoms with E-state index in [1.165, 1.54) is 18.3 Å². The summed E-state index contributed by atoms with van der Waals surface area (Å²) in [6, 6.07) is 3.17. The molecule has 5 nitrogen and oxygen atoms in total. The Hall–Kier alpha value is -1.91. The summed E-state index contributed by atoms with van der Waals surface area (Å²) in [7, 11) is 0. The lowest BCUT2D eigenvalue weighted by atomic mass is 10.2. The first kappa shape index (κ1) is 12.2. The van der Waals surface area contributed by atoms with Crippen LogP contribution in [0.3, 0.4) is 0 Å². The maximum atomic E-state index is 11.3. The van der Waals surface area contributed by atoms with E-state index in [9.17, 15) is 10.0 Å². The molecule has 0 spiro atoms. The molecule has 0 atom stereocenters. The van der Waals surface area contributed by atoms with Gasteiger partial charge in [0.05, 0.1) is 6.20 Å². The van der Waals surface area contributed by atoms with Crippen molar-refractivity contribution >= 4 is 12.0 Å². The lowest BCUT2D eigenvalue weighted by Gasteiger charge is -2.17. The summed E-state index contributed by atoms with van der Waals surface area (Å²) in [5.74, 6) is -0.489. The summed E-state index contributed by atoms with van der Waals surface area (Å²) in [5, 5.41) is 14.6. The predicted octanol–water partition coefficient (Wildman–Crippen LogP) is 1.07. The predicted molar refractivity (Wildman–Crippen MR) is 58.1 cm³/mol. The minimum absolute atomic E-state index is 0.286. The first-order valence-corrected chi connectivity index (χ1v) is 4.84. The third kappa shape index (κ3) is 4.08. The lowest BCUT2D eigenvalue weighted by Crippen LogP contribution is -2.33. The number of aromatic nitrogens is 2. The van der Waals surface area contributed by atoms with Gasteiger partial charge in [-0.25, -0.2) is 4.79 Å². The summed E-state index contributed by atoms with van der Waals surface area (Å²) >= 11 is 0. The standard InChI is InChI=1S/C11H14N2O3/c1-11(2,3)16-10(14)7-6-9-5-4-8-12-13(9)15/h4-8H,1-3H3/b7-6+. The molecule has 1 aromatic rings. The van der Waals surface area contributed by atoms with Crippen molar-refractivity contribution in [2.24, 2.45) is 0 Å². The average molecular weight is 222 g/mol. The molecule has 0 amide bonds. The number of hydrogen-bond donors (Lipinski definition) is 0. The molecule has 0 bridgehead atoms. The Balaban J connectivity index is 2.68. The van der Waals surface area contributed by atoms with Crippen LogP contribution in [-0.4, -0.2) is 16.7 Å². The van der Waals surface area contributed by atoms with Gasteiger partial charge in [-0.2, -0.15) is 0 Å². The van der Waals surface area contributed by atoms with Crippen molar-refractivity contribution in [2.75, 3.05) is 0 Å². The summed E-state index contributed by atoms with van der Waals surface area (Å²) < 4.78 is 5.04. The Labute approximate surface area is 93.9 Å². The Morgan fingerprint density at radius 3 is 2.81 bits per heavy atom. The van der Waals surface area contributed by atoms with E-state index in [4.69, 9.17) is 4.74 Å². The van der Waals surface area contributed by atoms with Gasteiger partial charge in [-0.3, -0.25) is 0 Å². The highest BCUT2D eigenvalue weighted by molar-refractivity contribution is 5.86. The van der Waals surface area contributed by atoms with Crippen molar-refractivity contribution in [1.29, 1.82) is 0 Å². The minimum atomic E-state index is -0.538. The summed E-state index contributed by atoms with van der Waals surface area (Å²) in [6.45, 7) is 5.32. The van der Waals surface area contributed by atoms with E-state index in [2.05, 4.69) is 5.10 Å². The molecule has 16 heavy (non-hydrogen) atoms. The van der Waals surface area contributed by atoms with Crippen LogP contribution in [0.2, 0.25) is 0 Å². The Morgan fingerprint density at radius 2 is 2.25 bits per heavy atom. The minimum Gasteiger partial charge on any atom is -0.594 e. The molecule has 0 aliphatic carbocycles. The van der Waals surface area contributed by atoms with Gasteiger partial charge in [0.1, 0.15) is 5.60 Å². The normalized spacial score (nSPS) is 11.7. The third-order valence-corrected chi connectivity index (χ3v) is 1.54. The fraction of sp³-hybridized carbons (Fsp3) is 0.364. The molecule has 0 saturated carbocycles. The maximum Gasteiger partial charge on any atom is 0.331 e. The average Bonchev–Trinajstić information content (AvgIpc) is 2.14. The van der Waals surface area contributed by atoms with Crippen LogP contribution in [0, 0.1) is 5.21 Å². The van der Waals surface area contributed by atoms with Gasteiger partial charge in [-0.15, -0.1) is 0 Å². The zero-order valence-corrected chi connectivity index (χ0v) is 9.51. The lowest BCUT2D eigenvalue weighted by molar-refractivity contribution is -0.671. The van der Waals surface area contributed by atoms with Crippen molar-refractivity contribution in [3.63, 3.8) is 0 Å². The fourth-order valence-electron chi connectivity index (χ4n) is 0.980. The van der Waals surface area contributed by atoms with Crippen LogP contribution in [0.4, 0.5) is 0 Å². The van der Waals surface area contributed by atoms with Crippen molar-refractivity contribution in [3.05, 3.63) is 35.3 Å². The Bertz CT molecular complexity index is 408. The highest BCUT2D eigenvalue weighted by Crippen LogP contribution is 2.07. The molecule has 0 aromatic carbocycles. The molecule has 0 aliphatic rings. The zero-order valence-electron chi connectivity index (χ0n) is 9.51. The van der Waals surface area contributed by atoms with Crippen molar-refractivity contribution in [3.8, 4) is 0 Å². The molecular weight excluding hydrogens is 208 g/mol. The first-order valence-electron chi connectivity index (χ1n) is 4.84. The molecule has 0 aliphatic heterocycles. The van der Waals surface area contributed by atoms with Crippen LogP contribution >= 0.6 is 0 Å². The van der Waals surface area contributed by atoms with E-state index in [1.807, 2.05) is 0 Å². The molecule has 1 rings (SSSR count). The van der Waals surface area contributed by atoms with Crippen LogP contribution in [0.1, 0.15) is 26.5 Å². The molecule has 1 aromatic heterocycles. The summed E-state index contributed by atoms with van der Waals surface area (Å²) in [5.41, 5.74) is -0.252. The number of carbonyl (C=O) groups excluding carboxylic acids is 1. The molecule has 0 unspecified atom stereocenters. The largest absolute Gasteiger partial charge is 0.594 e. The number of nitrogens with zero attached hydrogens (tertiary/aromatic N) is 2. The first-order chi connectivity index (χ1) is 7.38. The maximum absolute atomic E-state index is 11.3. The second-order valence-corrected chi connectivity index (χ2v) is 4.19. The Morgan fingerprint density at radius 1 is 1.56 bits per heavy atom. The highest BCUT2D eigenvalue weighted by atomic mass is 16.6. The van der Waals surface area contributed by atoms with Gasteiger partial charge in [0.2, 0.25) is 5.69 Å².